The highest BCUT2D eigenvalue weighted by Crippen LogP contribution is 2.19. The second kappa shape index (κ2) is 10.9. The number of fused-ring (bicyclic) bond motifs is 2. The van der Waals surface area contributed by atoms with Gasteiger partial charge in [-0.2, -0.15) is 0 Å². The van der Waals surface area contributed by atoms with E-state index in [1.807, 2.05) is 53.1 Å². The molecule has 4 aromatic rings. The van der Waals surface area contributed by atoms with E-state index in [1.165, 1.54) is 0 Å². The van der Waals surface area contributed by atoms with Crippen molar-refractivity contribution in [3.8, 4) is 0 Å². The largest absolute Gasteiger partial charge is 0.329 e. The van der Waals surface area contributed by atoms with Crippen molar-refractivity contribution in [3.63, 3.8) is 0 Å². The summed E-state index contributed by atoms with van der Waals surface area (Å²) in [6.45, 7) is 7.80. The summed E-state index contributed by atoms with van der Waals surface area (Å²) in [7, 11) is 0. The van der Waals surface area contributed by atoms with Gasteiger partial charge in [0, 0.05) is 11.9 Å². The Morgan fingerprint density at radius 2 is 1.59 bits per heavy atom. The van der Waals surface area contributed by atoms with Crippen LogP contribution >= 0.6 is 39.1 Å². The van der Waals surface area contributed by atoms with Crippen LogP contribution in [0.2, 0.25) is 10.6 Å². The molecule has 4 nitrogen and oxygen atoms in total. The SMILES string of the molecule is C=CCBr.C=CCn1c(Cl)nc2ccccc21.Clc1nc2ccccc2[nH]1. The summed E-state index contributed by atoms with van der Waals surface area (Å²) in [6, 6.07) is 15.6. The zero-order chi connectivity index (χ0) is 19.6. The highest BCUT2D eigenvalue weighted by molar-refractivity contribution is 9.09. The molecule has 0 saturated heterocycles. The molecule has 1 N–H and O–H groups in total. The molecule has 0 saturated carbocycles. The van der Waals surface area contributed by atoms with E-state index in [1.54, 1.807) is 12.2 Å². The van der Waals surface area contributed by atoms with Gasteiger partial charge in [0.1, 0.15) is 0 Å². The number of aromatic nitrogens is 4. The lowest BCUT2D eigenvalue weighted by Crippen LogP contribution is -1.93. The number of halogens is 3. The van der Waals surface area contributed by atoms with E-state index in [0.717, 1.165) is 27.4 Å². The molecule has 0 aliphatic heterocycles. The molecule has 27 heavy (non-hydrogen) atoms. The topological polar surface area (TPSA) is 46.5 Å². The van der Waals surface area contributed by atoms with Crippen molar-refractivity contribution in [3.05, 3.63) is 84.4 Å². The average Bonchev–Trinajstić information content (AvgIpc) is 3.21. The van der Waals surface area contributed by atoms with E-state index in [2.05, 4.69) is 44.0 Å². The third-order valence-corrected chi connectivity index (χ3v) is 4.31. The lowest BCUT2D eigenvalue weighted by atomic mass is 10.3. The summed E-state index contributed by atoms with van der Waals surface area (Å²) in [5.74, 6) is 0. The van der Waals surface area contributed by atoms with Gasteiger partial charge in [-0.15, -0.1) is 13.2 Å². The number of rotatable bonds is 3. The fourth-order valence-corrected chi connectivity index (χ4v) is 2.71. The minimum atomic E-state index is 0.446. The predicted molar refractivity (Wildman–Crippen MR) is 120 cm³/mol. The van der Waals surface area contributed by atoms with Crippen molar-refractivity contribution in [2.75, 3.05) is 5.33 Å². The minimum Gasteiger partial charge on any atom is -0.329 e. The first kappa shape index (κ1) is 21.2. The van der Waals surface area contributed by atoms with Crippen molar-refractivity contribution < 1.29 is 0 Å². The lowest BCUT2D eigenvalue weighted by molar-refractivity contribution is 0.852. The molecule has 0 aliphatic rings. The fourth-order valence-electron chi connectivity index (χ4n) is 2.27. The van der Waals surface area contributed by atoms with Gasteiger partial charge >= 0.3 is 0 Å². The smallest absolute Gasteiger partial charge is 0.204 e. The summed E-state index contributed by atoms with van der Waals surface area (Å²) in [6.07, 6.45) is 3.60. The van der Waals surface area contributed by atoms with E-state index in [9.17, 15) is 0 Å². The number of aromatic amines is 1. The summed E-state index contributed by atoms with van der Waals surface area (Å²) < 4.78 is 1.92. The zero-order valence-corrected chi connectivity index (χ0v) is 17.7. The van der Waals surface area contributed by atoms with Gasteiger partial charge in [-0.1, -0.05) is 52.3 Å². The summed E-state index contributed by atoms with van der Waals surface area (Å²) in [4.78, 5) is 11.1. The van der Waals surface area contributed by atoms with Gasteiger partial charge in [-0.05, 0) is 47.5 Å². The highest BCUT2D eigenvalue weighted by Gasteiger charge is 2.05. The minimum absolute atomic E-state index is 0.446. The number of imidazole rings is 2. The van der Waals surface area contributed by atoms with Crippen LogP contribution in [0, 0.1) is 0 Å². The van der Waals surface area contributed by atoms with Crippen molar-refractivity contribution in [2.45, 2.75) is 6.54 Å². The molecule has 0 unspecified atom stereocenters. The zero-order valence-electron chi connectivity index (χ0n) is 14.6. The van der Waals surface area contributed by atoms with E-state index < -0.39 is 0 Å². The van der Waals surface area contributed by atoms with Crippen molar-refractivity contribution in [1.29, 1.82) is 0 Å². The molecule has 0 fully saturated rings. The Labute approximate surface area is 176 Å². The monoisotopic (exact) mass is 464 g/mol. The van der Waals surface area contributed by atoms with E-state index in [4.69, 9.17) is 23.2 Å². The molecule has 0 atom stereocenters. The van der Waals surface area contributed by atoms with Crippen molar-refractivity contribution in [1.82, 2.24) is 19.5 Å². The van der Waals surface area contributed by atoms with E-state index in [0.29, 0.717) is 17.1 Å². The molecule has 2 heterocycles. The van der Waals surface area contributed by atoms with Gasteiger partial charge < -0.3 is 9.55 Å². The van der Waals surface area contributed by atoms with E-state index >= 15 is 0 Å². The molecule has 0 aliphatic carbocycles. The summed E-state index contributed by atoms with van der Waals surface area (Å²) in [5, 5.41) is 1.86. The molecular formula is C20H19BrCl2N4. The van der Waals surface area contributed by atoms with Gasteiger partial charge in [0.2, 0.25) is 10.6 Å². The normalized spacial score (nSPS) is 9.89. The van der Waals surface area contributed by atoms with Crippen LogP contribution in [0.1, 0.15) is 0 Å². The lowest BCUT2D eigenvalue weighted by Gasteiger charge is -1.99. The Morgan fingerprint density at radius 3 is 2.22 bits per heavy atom. The first-order valence-electron chi connectivity index (χ1n) is 8.09. The number of hydrogen-bond acceptors (Lipinski definition) is 2. The second-order valence-corrected chi connectivity index (χ2v) is 6.60. The van der Waals surface area contributed by atoms with Crippen molar-refractivity contribution >= 4 is 61.2 Å². The summed E-state index contributed by atoms with van der Waals surface area (Å²) in [5.41, 5.74) is 3.86. The quantitative estimate of drug-likeness (QED) is 0.271. The van der Waals surface area contributed by atoms with Gasteiger partial charge in [-0.25, -0.2) is 9.97 Å². The Balaban J connectivity index is 0.000000166. The third kappa shape index (κ3) is 5.96. The third-order valence-electron chi connectivity index (χ3n) is 3.39. The number of para-hydroxylation sites is 4. The maximum absolute atomic E-state index is 5.95. The Morgan fingerprint density at radius 1 is 0.963 bits per heavy atom. The predicted octanol–water partition coefficient (Wildman–Crippen LogP) is 6.66. The molecular weight excluding hydrogens is 447 g/mol. The molecule has 0 radical (unpaired) electrons. The number of nitrogens with one attached hydrogen (secondary N) is 1. The molecule has 2 aromatic heterocycles. The number of alkyl halides is 1. The maximum atomic E-state index is 5.95. The summed E-state index contributed by atoms with van der Waals surface area (Å²) >= 11 is 14.7. The average molecular weight is 466 g/mol. The Hall–Kier alpha value is -2.08. The van der Waals surface area contributed by atoms with Gasteiger partial charge in [0.25, 0.3) is 0 Å². The molecule has 7 heteroatoms. The van der Waals surface area contributed by atoms with Crippen LogP contribution in [0.4, 0.5) is 0 Å². The first-order chi connectivity index (χ1) is 13.1. The van der Waals surface area contributed by atoms with Gasteiger partial charge in [-0.3, -0.25) is 0 Å². The van der Waals surface area contributed by atoms with Crippen LogP contribution in [0.3, 0.4) is 0 Å². The molecule has 0 bridgehead atoms. The number of allylic oxidation sites excluding steroid dienone is 2. The molecule has 2 aromatic carbocycles. The standard InChI is InChI=1S/C10H9ClN2.C7H5ClN2.C3H5Br/c1-2-7-13-9-6-4-3-5-8(9)12-10(13)11;8-7-9-5-3-1-2-4-6(5)10-7;1-2-3-4/h2-6H,1,7H2;1-4H,(H,9,10);2H,1,3H2. The van der Waals surface area contributed by atoms with Crippen LogP contribution in [0.25, 0.3) is 22.1 Å². The first-order valence-corrected chi connectivity index (χ1v) is 9.97. The van der Waals surface area contributed by atoms with Crippen LogP contribution in [-0.4, -0.2) is 24.8 Å². The number of H-pyrrole nitrogens is 1. The molecule has 4 rings (SSSR count). The van der Waals surface area contributed by atoms with Crippen LogP contribution in [0.5, 0.6) is 0 Å². The van der Waals surface area contributed by atoms with Crippen molar-refractivity contribution in [2.24, 2.45) is 0 Å². The van der Waals surface area contributed by atoms with E-state index in [-0.39, 0.29) is 0 Å². The van der Waals surface area contributed by atoms with Crippen LogP contribution < -0.4 is 0 Å². The van der Waals surface area contributed by atoms with Crippen LogP contribution in [-0.2, 0) is 6.54 Å². The van der Waals surface area contributed by atoms with Crippen LogP contribution in [0.15, 0.2) is 73.8 Å². The molecule has 140 valence electrons. The number of benzene rings is 2. The Bertz CT molecular complexity index is 990. The number of nitrogens with zero attached hydrogens (tertiary/aromatic N) is 3. The Kier molecular flexibility index (Phi) is 8.58. The fraction of sp³-hybridized carbons (Fsp3) is 0.100. The second-order valence-electron chi connectivity index (χ2n) is 5.26. The maximum Gasteiger partial charge on any atom is 0.204 e. The molecule has 0 spiro atoms. The van der Waals surface area contributed by atoms with Gasteiger partial charge in [0.05, 0.1) is 22.1 Å². The number of hydrogen-bond donors (Lipinski definition) is 1. The highest BCUT2D eigenvalue weighted by atomic mass is 79.9. The molecule has 0 amide bonds. The van der Waals surface area contributed by atoms with Gasteiger partial charge in [0.15, 0.2) is 0 Å².